The lowest BCUT2D eigenvalue weighted by Gasteiger charge is -2.18. The summed E-state index contributed by atoms with van der Waals surface area (Å²) >= 11 is 0. The van der Waals surface area contributed by atoms with Crippen molar-refractivity contribution in [1.29, 1.82) is 0 Å². The molecule has 5 aromatic rings. The standard InChI is InChI=1S/C29H23F5N6O2/c1-16(38-24-15-37-39-27(41)25(24)29(32,33)34)5-4-9-40-10-8-17-11-21(23(31)12-20(17)28(40)42)26-35-13-18(14-36-26)19-6-2-3-7-22(19)30/h2-3,6-8,10-16H,4-5,9H2,1H3,(H2,38,39,41). The number of H-pyrrole nitrogens is 1. The van der Waals surface area contributed by atoms with Gasteiger partial charge in [-0.15, -0.1) is 0 Å². The highest BCUT2D eigenvalue weighted by Crippen LogP contribution is 2.32. The van der Waals surface area contributed by atoms with E-state index >= 15 is 4.39 Å². The first kappa shape index (κ1) is 28.6. The van der Waals surface area contributed by atoms with Gasteiger partial charge in [0.25, 0.3) is 11.1 Å². The third-order valence-electron chi connectivity index (χ3n) is 6.72. The number of pyridine rings is 1. The van der Waals surface area contributed by atoms with Gasteiger partial charge < -0.3 is 9.88 Å². The summed E-state index contributed by atoms with van der Waals surface area (Å²) in [7, 11) is 0. The molecule has 0 aliphatic carbocycles. The van der Waals surface area contributed by atoms with Crippen LogP contribution in [0, 0.1) is 11.6 Å². The van der Waals surface area contributed by atoms with E-state index in [1.165, 1.54) is 29.1 Å². The Labute approximate surface area is 234 Å². The largest absolute Gasteiger partial charge is 0.423 e. The van der Waals surface area contributed by atoms with Crippen LogP contribution in [-0.2, 0) is 12.7 Å². The van der Waals surface area contributed by atoms with E-state index in [9.17, 15) is 27.2 Å². The molecule has 3 aromatic heterocycles. The van der Waals surface area contributed by atoms with Gasteiger partial charge in [-0.1, -0.05) is 18.2 Å². The van der Waals surface area contributed by atoms with E-state index in [1.807, 2.05) is 0 Å². The summed E-state index contributed by atoms with van der Waals surface area (Å²) in [6.07, 6.45) is 1.16. The van der Waals surface area contributed by atoms with E-state index in [0.29, 0.717) is 29.4 Å². The number of halogens is 5. The molecule has 0 spiro atoms. The zero-order valence-electron chi connectivity index (χ0n) is 22.0. The second-order valence-electron chi connectivity index (χ2n) is 9.68. The smallest absolute Gasteiger partial charge is 0.381 e. The number of nitrogens with zero attached hydrogens (tertiary/aromatic N) is 4. The van der Waals surface area contributed by atoms with Gasteiger partial charge in [-0.05, 0) is 49.4 Å². The molecule has 1 atom stereocenters. The quantitative estimate of drug-likeness (QED) is 0.225. The third kappa shape index (κ3) is 5.90. The van der Waals surface area contributed by atoms with E-state index in [4.69, 9.17) is 0 Å². The SMILES string of the molecule is CC(CCCn1ccc2cc(-c3ncc(-c4ccccc4F)cn3)c(F)cc2c1=O)Nc1cn[nH]c(=O)c1C(F)(F)F. The van der Waals surface area contributed by atoms with Gasteiger partial charge in [0.1, 0.15) is 17.2 Å². The number of aryl methyl sites for hydroxylation is 1. The average molecular weight is 583 g/mol. The van der Waals surface area contributed by atoms with E-state index < -0.39 is 46.2 Å². The molecule has 0 radical (unpaired) electrons. The highest BCUT2D eigenvalue weighted by atomic mass is 19.4. The normalized spacial score (nSPS) is 12.4. The molecule has 0 bridgehead atoms. The zero-order valence-corrected chi connectivity index (χ0v) is 22.0. The van der Waals surface area contributed by atoms with Crippen LogP contribution >= 0.6 is 0 Å². The Morgan fingerprint density at radius 1 is 0.976 bits per heavy atom. The molecule has 2 aromatic carbocycles. The Morgan fingerprint density at radius 2 is 1.71 bits per heavy atom. The zero-order chi connectivity index (χ0) is 30.0. The minimum Gasteiger partial charge on any atom is -0.381 e. The van der Waals surface area contributed by atoms with Crippen LogP contribution in [-0.4, -0.2) is 30.8 Å². The minimum atomic E-state index is -4.86. The number of benzene rings is 2. The first-order valence-electron chi connectivity index (χ1n) is 12.8. The van der Waals surface area contributed by atoms with Crippen molar-refractivity contribution in [3.63, 3.8) is 0 Å². The van der Waals surface area contributed by atoms with Crippen LogP contribution in [0.3, 0.4) is 0 Å². The molecule has 0 amide bonds. The van der Waals surface area contributed by atoms with Crippen molar-refractivity contribution in [3.05, 3.63) is 105 Å². The van der Waals surface area contributed by atoms with Crippen LogP contribution in [0.15, 0.2) is 76.8 Å². The van der Waals surface area contributed by atoms with Crippen LogP contribution in [0.25, 0.3) is 33.3 Å². The van der Waals surface area contributed by atoms with Crippen molar-refractivity contribution in [2.45, 2.75) is 38.5 Å². The van der Waals surface area contributed by atoms with E-state index in [0.717, 1.165) is 12.3 Å². The lowest BCUT2D eigenvalue weighted by molar-refractivity contribution is -0.138. The van der Waals surface area contributed by atoms with E-state index in [1.54, 1.807) is 42.5 Å². The minimum absolute atomic E-state index is 0.0736. The second kappa shape index (κ2) is 11.5. The van der Waals surface area contributed by atoms with Crippen molar-refractivity contribution in [2.24, 2.45) is 0 Å². The highest BCUT2D eigenvalue weighted by molar-refractivity contribution is 5.86. The predicted octanol–water partition coefficient (Wildman–Crippen LogP) is 5.79. The summed E-state index contributed by atoms with van der Waals surface area (Å²) in [5.74, 6) is -1.07. The number of hydrogen-bond donors (Lipinski definition) is 2. The van der Waals surface area contributed by atoms with Crippen LogP contribution in [0.5, 0.6) is 0 Å². The molecule has 0 aliphatic heterocycles. The van der Waals surface area contributed by atoms with Gasteiger partial charge in [0, 0.05) is 42.3 Å². The van der Waals surface area contributed by atoms with E-state index in [2.05, 4.69) is 20.4 Å². The van der Waals surface area contributed by atoms with Gasteiger partial charge in [0.15, 0.2) is 5.82 Å². The lowest BCUT2D eigenvalue weighted by atomic mass is 10.1. The summed E-state index contributed by atoms with van der Waals surface area (Å²) in [6, 6.07) is 9.89. The van der Waals surface area contributed by atoms with Gasteiger partial charge in [-0.25, -0.2) is 23.8 Å². The summed E-state index contributed by atoms with van der Waals surface area (Å²) in [5, 5.41) is 8.48. The molecule has 8 nitrogen and oxygen atoms in total. The first-order valence-corrected chi connectivity index (χ1v) is 12.8. The molecular weight excluding hydrogens is 559 g/mol. The third-order valence-corrected chi connectivity index (χ3v) is 6.72. The molecular formula is C29H23F5N6O2. The Kier molecular flexibility index (Phi) is 7.83. The number of nitrogens with one attached hydrogen (secondary N) is 2. The maximum atomic E-state index is 15.1. The fourth-order valence-corrected chi connectivity index (χ4v) is 4.65. The molecule has 0 saturated carbocycles. The van der Waals surface area contributed by atoms with Crippen molar-refractivity contribution in [2.75, 3.05) is 5.32 Å². The lowest BCUT2D eigenvalue weighted by Crippen LogP contribution is -2.27. The fourth-order valence-electron chi connectivity index (χ4n) is 4.65. The van der Waals surface area contributed by atoms with Crippen LogP contribution < -0.4 is 16.4 Å². The van der Waals surface area contributed by atoms with Crippen LogP contribution in [0.1, 0.15) is 25.3 Å². The van der Waals surface area contributed by atoms with Crippen molar-refractivity contribution >= 4 is 16.5 Å². The number of aromatic amines is 1. The van der Waals surface area contributed by atoms with Gasteiger partial charge in [0.2, 0.25) is 0 Å². The molecule has 5 rings (SSSR count). The Hall–Kier alpha value is -4.94. The number of rotatable bonds is 8. The molecule has 216 valence electrons. The van der Waals surface area contributed by atoms with Gasteiger partial charge in [-0.3, -0.25) is 9.59 Å². The molecule has 1 unspecified atom stereocenters. The second-order valence-corrected chi connectivity index (χ2v) is 9.68. The molecule has 0 saturated heterocycles. The van der Waals surface area contributed by atoms with Crippen molar-refractivity contribution in [3.8, 4) is 22.5 Å². The Bertz CT molecular complexity index is 1870. The Balaban J connectivity index is 1.29. The maximum Gasteiger partial charge on any atom is 0.423 e. The first-order chi connectivity index (χ1) is 20.0. The number of fused-ring (bicyclic) bond motifs is 1. The van der Waals surface area contributed by atoms with E-state index in [-0.39, 0.29) is 23.3 Å². The topological polar surface area (TPSA) is 106 Å². The fraction of sp³-hybridized carbons (Fsp3) is 0.207. The monoisotopic (exact) mass is 582 g/mol. The summed E-state index contributed by atoms with van der Waals surface area (Å²) in [4.78, 5) is 33.1. The van der Waals surface area contributed by atoms with Gasteiger partial charge in [-0.2, -0.15) is 18.3 Å². The molecule has 42 heavy (non-hydrogen) atoms. The summed E-state index contributed by atoms with van der Waals surface area (Å²) < 4.78 is 70.4. The molecule has 3 heterocycles. The van der Waals surface area contributed by atoms with Gasteiger partial charge >= 0.3 is 6.18 Å². The maximum absolute atomic E-state index is 15.1. The molecule has 2 N–H and O–H groups in total. The number of alkyl halides is 3. The van der Waals surface area contributed by atoms with Gasteiger partial charge in [0.05, 0.1) is 22.8 Å². The molecule has 0 fully saturated rings. The van der Waals surface area contributed by atoms with Crippen molar-refractivity contribution in [1.82, 2.24) is 24.7 Å². The summed E-state index contributed by atoms with van der Waals surface area (Å²) in [6.45, 7) is 1.87. The number of aromatic nitrogens is 5. The molecule has 0 aliphatic rings. The van der Waals surface area contributed by atoms with Crippen molar-refractivity contribution < 1.29 is 22.0 Å². The summed E-state index contributed by atoms with van der Waals surface area (Å²) in [5.41, 5.74) is -2.75. The Morgan fingerprint density at radius 3 is 2.43 bits per heavy atom. The predicted molar refractivity (Wildman–Crippen MR) is 147 cm³/mol. The number of hydrogen-bond acceptors (Lipinski definition) is 6. The van der Waals surface area contributed by atoms with Crippen LogP contribution in [0.2, 0.25) is 0 Å². The highest BCUT2D eigenvalue weighted by Gasteiger charge is 2.37. The number of anilines is 1. The van der Waals surface area contributed by atoms with Crippen LogP contribution in [0.4, 0.5) is 27.6 Å². The molecule has 13 heteroatoms. The average Bonchev–Trinajstić information content (AvgIpc) is 2.94.